The van der Waals surface area contributed by atoms with E-state index in [1.54, 1.807) is 12.0 Å². The summed E-state index contributed by atoms with van der Waals surface area (Å²) in [6, 6.07) is 4.14. The molecule has 0 unspecified atom stereocenters. The molecule has 2 aliphatic carbocycles. The standard InChI is InChI=1S/C31H44N4O4/c1-31(2,3)39-30(36)35-18-22(19-35)15-32-29-23-7-5-8-25(23)33-26-14-28(27(37-4)13-24(26)29)38-10-6-9-34-16-20-11-21(12-20)17-34/h13-14,20-22H,5-12,15-19H2,1-4H3,(H,32,33). The smallest absolute Gasteiger partial charge is 0.410 e. The van der Waals surface area contributed by atoms with Crippen LogP contribution in [0.4, 0.5) is 10.5 Å². The highest BCUT2D eigenvalue weighted by Gasteiger charge is 2.36. The van der Waals surface area contributed by atoms with E-state index in [1.807, 2.05) is 20.8 Å². The van der Waals surface area contributed by atoms with E-state index in [4.69, 9.17) is 19.2 Å². The third-order valence-corrected chi connectivity index (χ3v) is 8.72. The average molecular weight is 537 g/mol. The van der Waals surface area contributed by atoms with E-state index in [2.05, 4.69) is 22.3 Å². The van der Waals surface area contributed by atoms with Gasteiger partial charge in [0.05, 0.1) is 19.2 Å². The number of carbonyl (C=O) groups is 1. The van der Waals surface area contributed by atoms with Crippen LogP contribution >= 0.6 is 0 Å². The Bertz CT molecular complexity index is 1200. The van der Waals surface area contributed by atoms with Gasteiger partial charge in [0.1, 0.15) is 5.60 Å². The number of benzene rings is 1. The number of ether oxygens (including phenoxy) is 3. The molecule has 5 aliphatic rings. The molecular weight excluding hydrogens is 492 g/mol. The molecule has 0 atom stereocenters. The summed E-state index contributed by atoms with van der Waals surface area (Å²) < 4.78 is 17.5. The fraction of sp³-hybridized carbons (Fsp3) is 0.677. The average Bonchev–Trinajstić information content (AvgIpc) is 3.31. The van der Waals surface area contributed by atoms with Gasteiger partial charge in [0.2, 0.25) is 0 Å². The molecule has 1 N–H and O–H groups in total. The number of fused-ring (bicyclic) bond motifs is 4. The molecule has 0 spiro atoms. The number of likely N-dealkylation sites (tertiary alicyclic amines) is 1. The molecule has 1 saturated carbocycles. The predicted octanol–water partition coefficient (Wildman–Crippen LogP) is 5.12. The van der Waals surface area contributed by atoms with E-state index < -0.39 is 5.60 Å². The second-order valence-electron chi connectivity index (χ2n) is 13.1. The van der Waals surface area contributed by atoms with Crippen LogP contribution in [0.2, 0.25) is 0 Å². The molecule has 39 heavy (non-hydrogen) atoms. The monoisotopic (exact) mass is 536 g/mol. The third-order valence-electron chi connectivity index (χ3n) is 8.72. The predicted molar refractivity (Wildman–Crippen MR) is 153 cm³/mol. The van der Waals surface area contributed by atoms with Crippen molar-refractivity contribution in [2.24, 2.45) is 17.8 Å². The highest BCUT2D eigenvalue weighted by Crippen LogP contribution is 2.41. The minimum absolute atomic E-state index is 0.223. The molecule has 4 fully saturated rings. The Kier molecular flexibility index (Phi) is 7.25. The maximum Gasteiger partial charge on any atom is 0.410 e. The molecule has 1 amide bonds. The van der Waals surface area contributed by atoms with Crippen LogP contribution in [-0.2, 0) is 17.6 Å². The molecule has 4 heterocycles. The molecule has 7 rings (SSSR count). The second kappa shape index (κ2) is 10.7. The third kappa shape index (κ3) is 5.76. The molecule has 8 heteroatoms. The summed E-state index contributed by atoms with van der Waals surface area (Å²) in [5.41, 5.74) is 4.16. The summed E-state index contributed by atoms with van der Waals surface area (Å²) in [6.45, 7) is 12.3. The number of carbonyl (C=O) groups excluding carboxylic acids is 1. The van der Waals surface area contributed by atoms with Crippen molar-refractivity contribution in [3.63, 3.8) is 0 Å². The largest absolute Gasteiger partial charge is 0.493 e. The number of methoxy groups -OCH3 is 1. The van der Waals surface area contributed by atoms with Gasteiger partial charge in [-0.2, -0.15) is 0 Å². The van der Waals surface area contributed by atoms with E-state index >= 15 is 0 Å². The SMILES string of the molecule is COc1cc2c(NCC3CN(C(=O)OC(C)(C)C)C3)c3c(nc2cc1OCCCN1CC2CC(C2)C1)CCC3. The fourth-order valence-electron chi connectivity index (χ4n) is 6.80. The molecule has 1 aromatic carbocycles. The number of nitrogens with one attached hydrogen (secondary N) is 1. The van der Waals surface area contributed by atoms with Gasteiger partial charge in [0.15, 0.2) is 11.5 Å². The summed E-state index contributed by atoms with van der Waals surface area (Å²) in [6.07, 6.45) is 6.86. The first-order valence-corrected chi connectivity index (χ1v) is 14.9. The number of nitrogens with zero attached hydrogens (tertiary/aromatic N) is 3. The first-order valence-electron chi connectivity index (χ1n) is 14.9. The van der Waals surface area contributed by atoms with Gasteiger partial charge in [-0.1, -0.05) is 0 Å². The van der Waals surface area contributed by atoms with Gasteiger partial charge in [0.25, 0.3) is 0 Å². The van der Waals surface area contributed by atoms with E-state index in [0.29, 0.717) is 25.6 Å². The Morgan fingerprint density at radius 1 is 1.08 bits per heavy atom. The van der Waals surface area contributed by atoms with Crippen LogP contribution in [0.15, 0.2) is 12.1 Å². The highest BCUT2D eigenvalue weighted by atomic mass is 16.6. The topological polar surface area (TPSA) is 76.2 Å². The summed E-state index contributed by atoms with van der Waals surface area (Å²) in [7, 11) is 1.71. The Hall–Kier alpha value is -2.74. The van der Waals surface area contributed by atoms with Gasteiger partial charge >= 0.3 is 6.09 Å². The lowest BCUT2D eigenvalue weighted by Crippen LogP contribution is -2.53. The zero-order valence-electron chi connectivity index (χ0n) is 24.1. The number of pyridine rings is 1. The number of anilines is 1. The zero-order valence-corrected chi connectivity index (χ0v) is 24.1. The molecule has 0 radical (unpaired) electrons. The summed E-state index contributed by atoms with van der Waals surface area (Å²) in [5, 5.41) is 4.82. The van der Waals surface area contributed by atoms with Crippen molar-refractivity contribution in [1.82, 2.24) is 14.8 Å². The minimum Gasteiger partial charge on any atom is -0.493 e. The lowest BCUT2D eigenvalue weighted by atomic mass is 9.71. The van der Waals surface area contributed by atoms with Gasteiger partial charge in [-0.15, -0.1) is 0 Å². The van der Waals surface area contributed by atoms with E-state index in [9.17, 15) is 4.79 Å². The van der Waals surface area contributed by atoms with Gasteiger partial charge in [0, 0.05) is 68.0 Å². The number of aryl methyl sites for hydroxylation is 1. The van der Waals surface area contributed by atoms with Crippen molar-refractivity contribution in [2.75, 3.05) is 58.3 Å². The van der Waals surface area contributed by atoms with Crippen molar-refractivity contribution in [1.29, 1.82) is 0 Å². The van der Waals surface area contributed by atoms with Gasteiger partial charge in [-0.05, 0) is 82.8 Å². The Balaban J connectivity index is 1.11. The summed E-state index contributed by atoms with van der Waals surface area (Å²) >= 11 is 0. The van der Waals surface area contributed by atoms with Crippen LogP contribution in [0.25, 0.3) is 10.9 Å². The van der Waals surface area contributed by atoms with Crippen LogP contribution in [0.5, 0.6) is 11.5 Å². The van der Waals surface area contributed by atoms with Crippen LogP contribution in [0.3, 0.4) is 0 Å². The van der Waals surface area contributed by atoms with Crippen molar-refractivity contribution < 1.29 is 19.0 Å². The molecule has 212 valence electrons. The number of piperidine rings is 2. The van der Waals surface area contributed by atoms with Crippen LogP contribution in [-0.4, -0.2) is 79.5 Å². The lowest BCUT2D eigenvalue weighted by molar-refractivity contribution is 0.000843. The number of hydrogen-bond acceptors (Lipinski definition) is 7. The summed E-state index contributed by atoms with van der Waals surface area (Å²) in [5.74, 6) is 3.80. The Morgan fingerprint density at radius 3 is 2.56 bits per heavy atom. The van der Waals surface area contributed by atoms with E-state index in [0.717, 1.165) is 78.7 Å². The number of hydrogen-bond donors (Lipinski definition) is 1. The second-order valence-corrected chi connectivity index (χ2v) is 13.1. The normalized spacial score (nSPS) is 22.7. The maximum absolute atomic E-state index is 12.3. The van der Waals surface area contributed by atoms with Crippen molar-refractivity contribution >= 4 is 22.7 Å². The minimum atomic E-state index is -0.466. The number of amides is 1. The molecule has 3 saturated heterocycles. The number of aromatic nitrogens is 1. The molecule has 1 aromatic heterocycles. The van der Waals surface area contributed by atoms with E-state index in [1.165, 1.54) is 37.2 Å². The van der Waals surface area contributed by atoms with Gasteiger partial charge in [-0.25, -0.2) is 4.79 Å². The van der Waals surface area contributed by atoms with Crippen LogP contribution in [0, 0.1) is 17.8 Å². The van der Waals surface area contributed by atoms with Crippen LogP contribution in [0.1, 0.15) is 57.7 Å². The van der Waals surface area contributed by atoms with Gasteiger partial charge < -0.3 is 29.3 Å². The summed E-state index contributed by atoms with van der Waals surface area (Å²) in [4.78, 5) is 21.8. The van der Waals surface area contributed by atoms with Crippen molar-refractivity contribution in [3.05, 3.63) is 23.4 Å². The zero-order chi connectivity index (χ0) is 27.1. The fourth-order valence-corrected chi connectivity index (χ4v) is 6.80. The van der Waals surface area contributed by atoms with Crippen molar-refractivity contribution in [2.45, 2.75) is 64.9 Å². The molecule has 8 nitrogen and oxygen atoms in total. The lowest BCUT2D eigenvalue weighted by Gasteiger charge is -2.47. The Morgan fingerprint density at radius 2 is 1.85 bits per heavy atom. The van der Waals surface area contributed by atoms with Crippen LogP contribution < -0.4 is 14.8 Å². The quantitative estimate of drug-likeness (QED) is 0.446. The first-order chi connectivity index (χ1) is 18.8. The molecule has 2 bridgehead atoms. The van der Waals surface area contributed by atoms with Gasteiger partial charge in [-0.3, -0.25) is 4.98 Å². The molecular formula is C31H44N4O4. The van der Waals surface area contributed by atoms with Crippen molar-refractivity contribution in [3.8, 4) is 11.5 Å². The molecule has 2 aromatic rings. The highest BCUT2D eigenvalue weighted by molar-refractivity contribution is 5.96. The molecule has 3 aliphatic heterocycles. The maximum atomic E-state index is 12.3. The van der Waals surface area contributed by atoms with E-state index in [-0.39, 0.29) is 6.09 Å². The first kappa shape index (κ1) is 26.5. The Labute approximate surface area is 232 Å². The number of rotatable bonds is 9.